The normalized spacial score (nSPS) is 14.1. The summed E-state index contributed by atoms with van der Waals surface area (Å²) < 4.78 is 28.2. The summed E-state index contributed by atoms with van der Waals surface area (Å²) in [5.74, 6) is -1.32. The minimum absolute atomic E-state index is 0.0476. The van der Waals surface area contributed by atoms with Gasteiger partial charge in [0, 0.05) is 0 Å². The van der Waals surface area contributed by atoms with Crippen LogP contribution in [0.3, 0.4) is 0 Å². The molecule has 0 aliphatic rings. The fourth-order valence-corrected chi connectivity index (χ4v) is 2.45. The number of carbonyl (C=O) groups is 1. The SMILES string of the molecule is CC(OS(=O)(=O)c1ccc(C(C)(C)C)cc1)C(=O)O. The first-order chi connectivity index (χ1) is 8.54. The molecule has 6 heteroatoms. The molecule has 1 unspecified atom stereocenters. The molecule has 0 saturated heterocycles. The molecule has 1 rings (SSSR count). The van der Waals surface area contributed by atoms with Gasteiger partial charge in [-0.1, -0.05) is 32.9 Å². The fraction of sp³-hybridized carbons (Fsp3) is 0.462. The van der Waals surface area contributed by atoms with Gasteiger partial charge < -0.3 is 5.11 Å². The zero-order chi connectivity index (χ0) is 14.8. The van der Waals surface area contributed by atoms with Crippen molar-refractivity contribution in [1.82, 2.24) is 0 Å². The first-order valence-corrected chi connectivity index (χ1v) is 7.21. The first kappa shape index (κ1) is 15.7. The van der Waals surface area contributed by atoms with Gasteiger partial charge in [-0.3, -0.25) is 4.18 Å². The molecular weight excluding hydrogens is 268 g/mol. The number of carboxylic acids is 1. The summed E-state index contributed by atoms with van der Waals surface area (Å²) in [5.41, 5.74) is 0.898. The van der Waals surface area contributed by atoms with Crippen LogP contribution in [-0.4, -0.2) is 25.6 Å². The van der Waals surface area contributed by atoms with Crippen molar-refractivity contribution >= 4 is 16.1 Å². The lowest BCUT2D eigenvalue weighted by Crippen LogP contribution is -2.24. The largest absolute Gasteiger partial charge is 0.479 e. The molecule has 106 valence electrons. The van der Waals surface area contributed by atoms with Crippen LogP contribution in [0.15, 0.2) is 29.2 Å². The molecule has 0 fully saturated rings. The maximum absolute atomic E-state index is 11.8. The van der Waals surface area contributed by atoms with E-state index in [1.54, 1.807) is 12.1 Å². The monoisotopic (exact) mass is 286 g/mol. The van der Waals surface area contributed by atoms with Crippen molar-refractivity contribution < 1.29 is 22.5 Å². The number of rotatable bonds is 4. The molecule has 0 aliphatic carbocycles. The van der Waals surface area contributed by atoms with Crippen LogP contribution in [-0.2, 0) is 24.5 Å². The molecule has 0 amide bonds. The molecule has 0 radical (unpaired) electrons. The third kappa shape index (κ3) is 4.04. The molecule has 0 saturated carbocycles. The van der Waals surface area contributed by atoms with Crippen LogP contribution in [0.4, 0.5) is 0 Å². The van der Waals surface area contributed by atoms with Gasteiger partial charge in [-0.2, -0.15) is 8.42 Å². The van der Waals surface area contributed by atoms with E-state index in [9.17, 15) is 13.2 Å². The highest BCUT2D eigenvalue weighted by atomic mass is 32.2. The van der Waals surface area contributed by atoms with Crippen molar-refractivity contribution in [3.05, 3.63) is 29.8 Å². The van der Waals surface area contributed by atoms with Crippen molar-refractivity contribution in [2.45, 2.75) is 44.1 Å². The third-order valence-corrected chi connectivity index (χ3v) is 4.02. The molecule has 0 spiro atoms. The first-order valence-electron chi connectivity index (χ1n) is 5.80. The van der Waals surface area contributed by atoms with Crippen LogP contribution in [0.2, 0.25) is 0 Å². The van der Waals surface area contributed by atoms with Crippen molar-refractivity contribution in [3.8, 4) is 0 Å². The highest BCUT2D eigenvalue weighted by molar-refractivity contribution is 7.86. The minimum Gasteiger partial charge on any atom is -0.479 e. The Hall–Kier alpha value is -1.40. The van der Waals surface area contributed by atoms with E-state index in [4.69, 9.17) is 5.11 Å². The second-order valence-corrected chi connectivity index (χ2v) is 6.88. The zero-order valence-electron chi connectivity index (χ0n) is 11.4. The van der Waals surface area contributed by atoms with E-state index in [1.807, 2.05) is 20.8 Å². The fourth-order valence-electron chi connectivity index (χ4n) is 1.41. The van der Waals surface area contributed by atoms with Crippen LogP contribution in [0.1, 0.15) is 33.3 Å². The summed E-state index contributed by atoms with van der Waals surface area (Å²) >= 11 is 0. The number of benzene rings is 1. The van der Waals surface area contributed by atoms with Crippen molar-refractivity contribution in [3.63, 3.8) is 0 Å². The summed E-state index contributed by atoms with van der Waals surface area (Å²) in [6, 6.07) is 6.23. The second kappa shape index (κ2) is 5.30. The minimum atomic E-state index is -4.05. The Kier molecular flexibility index (Phi) is 4.37. The quantitative estimate of drug-likeness (QED) is 0.858. The summed E-state index contributed by atoms with van der Waals surface area (Å²) in [6.45, 7) is 7.21. The van der Waals surface area contributed by atoms with Crippen LogP contribution >= 0.6 is 0 Å². The average Bonchev–Trinajstić information content (AvgIpc) is 2.27. The van der Waals surface area contributed by atoms with E-state index in [1.165, 1.54) is 19.1 Å². The van der Waals surface area contributed by atoms with E-state index in [0.717, 1.165) is 5.56 Å². The molecule has 1 aromatic rings. The molecule has 0 heterocycles. The second-order valence-electron chi connectivity index (χ2n) is 5.31. The molecule has 1 aromatic carbocycles. The lowest BCUT2D eigenvalue weighted by atomic mass is 9.87. The molecule has 19 heavy (non-hydrogen) atoms. The van der Waals surface area contributed by atoms with E-state index < -0.39 is 22.2 Å². The third-order valence-electron chi connectivity index (χ3n) is 2.63. The molecule has 0 aliphatic heterocycles. The van der Waals surface area contributed by atoms with Gasteiger partial charge in [0.05, 0.1) is 4.90 Å². The van der Waals surface area contributed by atoms with Gasteiger partial charge in [-0.15, -0.1) is 0 Å². The predicted octanol–water partition coefficient (Wildman–Crippen LogP) is 2.16. The molecule has 1 atom stereocenters. The standard InChI is InChI=1S/C13H18O5S/c1-9(12(14)15)18-19(16,17)11-7-5-10(6-8-11)13(2,3)4/h5-9H,1-4H3,(H,14,15). The number of aliphatic carboxylic acids is 1. The van der Waals surface area contributed by atoms with Gasteiger partial charge in [0.2, 0.25) is 0 Å². The predicted molar refractivity (Wildman–Crippen MR) is 70.5 cm³/mol. The summed E-state index contributed by atoms with van der Waals surface area (Å²) in [5, 5.41) is 8.65. The van der Waals surface area contributed by atoms with Gasteiger partial charge in [0.15, 0.2) is 6.10 Å². The molecule has 1 N–H and O–H groups in total. The number of hydrogen-bond donors (Lipinski definition) is 1. The van der Waals surface area contributed by atoms with Crippen LogP contribution in [0, 0.1) is 0 Å². The average molecular weight is 286 g/mol. The summed E-state index contributed by atoms with van der Waals surface area (Å²) in [4.78, 5) is 10.6. The van der Waals surface area contributed by atoms with Crippen molar-refractivity contribution in [1.29, 1.82) is 0 Å². The molecule has 0 aromatic heterocycles. The van der Waals surface area contributed by atoms with Gasteiger partial charge >= 0.3 is 5.97 Å². The summed E-state index contributed by atoms with van der Waals surface area (Å²) in [7, 11) is -4.05. The maximum Gasteiger partial charge on any atom is 0.334 e. The van der Waals surface area contributed by atoms with E-state index in [0.29, 0.717) is 0 Å². The Morgan fingerprint density at radius 3 is 2.05 bits per heavy atom. The Morgan fingerprint density at radius 1 is 1.21 bits per heavy atom. The zero-order valence-corrected chi connectivity index (χ0v) is 12.2. The Morgan fingerprint density at radius 2 is 1.68 bits per heavy atom. The van der Waals surface area contributed by atoms with Crippen molar-refractivity contribution in [2.75, 3.05) is 0 Å². The summed E-state index contributed by atoms with van der Waals surface area (Å²) in [6.07, 6.45) is -1.41. The van der Waals surface area contributed by atoms with Crippen LogP contribution in [0.5, 0.6) is 0 Å². The van der Waals surface area contributed by atoms with E-state index in [-0.39, 0.29) is 10.3 Å². The van der Waals surface area contributed by atoms with Crippen LogP contribution in [0.25, 0.3) is 0 Å². The van der Waals surface area contributed by atoms with E-state index >= 15 is 0 Å². The maximum atomic E-state index is 11.8. The number of hydrogen-bond acceptors (Lipinski definition) is 4. The van der Waals surface area contributed by atoms with Gasteiger partial charge in [-0.05, 0) is 30.0 Å². The lowest BCUT2D eigenvalue weighted by Gasteiger charge is -2.19. The molecular formula is C13H18O5S. The molecule has 5 nitrogen and oxygen atoms in total. The highest BCUT2D eigenvalue weighted by Gasteiger charge is 2.24. The molecule has 0 bridgehead atoms. The van der Waals surface area contributed by atoms with Crippen molar-refractivity contribution in [2.24, 2.45) is 0 Å². The Balaban J connectivity index is 3.01. The van der Waals surface area contributed by atoms with Gasteiger partial charge in [0.25, 0.3) is 10.1 Å². The topological polar surface area (TPSA) is 80.7 Å². The van der Waals surface area contributed by atoms with Gasteiger partial charge in [0.1, 0.15) is 0 Å². The Labute approximate surface area is 113 Å². The van der Waals surface area contributed by atoms with E-state index in [2.05, 4.69) is 4.18 Å². The number of carboxylic acid groups (broad SMARTS) is 1. The smallest absolute Gasteiger partial charge is 0.334 e. The highest BCUT2D eigenvalue weighted by Crippen LogP contribution is 2.24. The van der Waals surface area contributed by atoms with Crippen LogP contribution < -0.4 is 0 Å². The Bertz CT molecular complexity index is 552. The lowest BCUT2D eigenvalue weighted by molar-refractivity contribution is -0.144. The van der Waals surface area contributed by atoms with Gasteiger partial charge in [-0.25, -0.2) is 4.79 Å².